The van der Waals surface area contributed by atoms with E-state index in [0.29, 0.717) is 25.3 Å². The number of benzene rings is 3. The van der Waals surface area contributed by atoms with Gasteiger partial charge in [0.1, 0.15) is 11.4 Å². The Morgan fingerprint density at radius 1 is 1.05 bits per heavy atom. The number of nitrogens with one attached hydrogen (secondary N) is 1. The molecule has 0 radical (unpaired) electrons. The predicted octanol–water partition coefficient (Wildman–Crippen LogP) is 5.87. The third kappa shape index (κ3) is 6.22. The minimum Gasteiger partial charge on any atom is -0.497 e. The standard InChI is InChI=1S/C33H38N2O5/c1-33(2,3)40-32(37)35-20-24(26-17-25(38-4)15-16-28(26)35)19-34-27-21-39-30(18-29(27)36)31(22-11-7-5-8-12-22)23-13-9-6-10-14-23/h5-17,20,27,29-31,34,36H,18-19,21H2,1-4H3/t27-,29+,30+/m1/s1. The maximum Gasteiger partial charge on any atom is 0.419 e. The van der Waals surface area contributed by atoms with Crippen LogP contribution in [0.25, 0.3) is 10.9 Å². The van der Waals surface area contributed by atoms with E-state index in [1.807, 2.05) is 75.4 Å². The van der Waals surface area contributed by atoms with Crippen LogP contribution in [0.15, 0.2) is 85.1 Å². The van der Waals surface area contributed by atoms with E-state index < -0.39 is 17.8 Å². The molecule has 0 unspecified atom stereocenters. The van der Waals surface area contributed by atoms with E-state index in [2.05, 4.69) is 29.6 Å². The van der Waals surface area contributed by atoms with Crippen molar-refractivity contribution in [1.29, 1.82) is 0 Å². The summed E-state index contributed by atoms with van der Waals surface area (Å²) >= 11 is 0. The molecule has 4 aromatic rings. The van der Waals surface area contributed by atoms with Crippen LogP contribution in [0.4, 0.5) is 4.79 Å². The Labute approximate surface area is 235 Å². The zero-order valence-electron chi connectivity index (χ0n) is 23.5. The molecular formula is C33H38N2O5. The van der Waals surface area contributed by atoms with Crippen molar-refractivity contribution in [3.8, 4) is 5.75 Å². The normalized spacial score (nSPS) is 19.6. The first kappa shape index (κ1) is 27.9. The monoisotopic (exact) mass is 542 g/mol. The highest BCUT2D eigenvalue weighted by atomic mass is 16.6. The van der Waals surface area contributed by atoms with E-state index in [1.165, 1.54) is 15.7 Å². The number of carbonyl (C=O) groups excluding carboxylic acids is 1. The van der Waals surface area contributed by atoms with Crippen molar-refractivity contribution >= 4 is 17.0 Å². The number of aliphatic hydroxyl groups excluding tert-OH is 1. The number of hydrogen-bond acceptors (Lipinski definition) is 6. The molecule has 2 heterocycles. The van der Waals surface area contributed by atoms with Crippen molar-refractivity contribution in [1.82, 2.24) is 9.88 Å². The van der Waals surface area contributed by atoms with Gasteiger partial charge in [0.2, 0.25) is 0 Å². The summed E-state index contributed by atoms with van der Waals surface area (Å²) in [5.41, 5.74) is 3.36. The fourth-order valence-electron chi connectivity index (χ4n) is 5.43. The van der Waals surface area contributed by atoms with Gasteiger partial charge in [-0.25, -0.2) is 4.79 Å². The molecule has 1 aliphatic heterocycles. The summed E-state index contributed by atoms with van der Waals surface area (Å²) in [5, 5.41) is 15.6. The van der Waals surface area contributed by atoms with Gasteiger partial charge < -0.3 is 24.6 Å². The molecule has 40 heavy (non-hydrogen) atoms. The third-order valence-electron chi connectivity index (χ3n) is 7.36. The van der Waals surface area contributed by atoms with E-state index >= 15 is 0 Å². The fourth-order valence-corrected chi connectivity index (χ4v) is 5.43. The molecule has 3 atom stereocenters. The van der Waals surface area contributed by atoms with Crippen molar-refractivity contribution in [3.05, 3.63) is 102 Å². The molecule has 0 spiro atoms. The molecule has 0 bridgehead atoms. The summed E-state index contributed by atoms with van der Waals surface area (Å²) in [5.74, 6) is 0.727. The van der Waals surface area contributed by atoms with Gasteiger partial charge in [-0.1, -0.05) is 60.7 Å². The van der Waals surface area contributed by atoms with Crippen LogP contribution >= 0.6 is 0 Å². The number of nitrogens with zero attached hydrogens (tertiary/aromatic N) is 1. The Bertz CT molecular complexity index is 1390. The van der Waals surface area contributed by atoms with Crippen molar-refractivity contribution in [2.24, 2.45) is 0 Å². The fraction of sp³-hybridized carbons (Fsp3) is 0.364. The molecule has 1 aromatic heterocycles. The van der Waals surface area contributed by atoms with Gasteiger partial charge in [-0.2, -0.15) is 0 Å². The maximum absolute atomic E-state index is 13.0. The molecule has 7 nitrogen and oxygen atoms in total. The molecular weight excluding hydrogens is 504 g/mol. The quantitative estimate of drug-likeness (QED) is 0.304. The van der Waals surface area contributed by atoms with Crippen molar-refractivity contribution in [3.63, 3.8) is 0 Å². The molecule has 0 aliphatic carbocycles. The molecule has 210 valence electrons. The van der Waals surface area contributed by atoms with Crippen molar-refractivity contribution < 1.29 is 24.1 Å². The van der Waals surface area contributed by atoms with Gasteiger partial charge in [0.15, 0.2) is 0 Å². The average Bonchev–Trinajstić information content (AvgIpc) is 3.31. The van der Waals surface area contributed by atoms with Crippen molar-refractivity contribution in [2.45, 2.75) is 63.5 Å². The lowest BCUT2D eigenvalue weighted by Crippen LogP contribution is -2.50. The molecule has 1 fully saturated rings. The van der Waals surface area contributed by atoms with Crippen LogP contribution in [-0.4, -0.2) is 53.3 Å². The summed E-state index contributed by atoms with van der Waals surface area (Å²) in [6, 6.07) is 26.0. The molecule has 7 heteroatoms. The highest BCUT2D eigenvalue weighted by Crippen LogP contribution is 2.35. The predicted molar refractivity (Wildman–Crippen MR) is 156 cm³/mol. The maximum atomic E-state index is 13.0. The Morgan fingerprint density at radius 2 is 1.70 bits per heavy atom. The second-order valence-electron chi connectivity index (χ2n) is 11.3. The van der Waals surface area contributed by atoms with Gasteiger partial charge in [0.05, 0.1) is 37.5 Å². The lowest BCUT2D eigenvalue weighted by Gasteiger charge is -2.38. The number of aliphatic hydroxyl groups is 1. The van der Waals surface area contributed by atoms with Crippen LogP contribution in [0.5, 0.6) is 5.75 Å². The first-order valence-electron chi connectivity index (χ1n) is 13.8. The first-order chi connectivity index (χ1) is 19.2. The number of carbonyl (C=O) groups is 1. The zero-order chi connectivity index (χ0) is 28.3. The number of aromatic nitrogens is 1. The lowest BCUT2D eigenvalue weighted by atomic mass is 9.82. The summed E-state index contributed by atoms with van der Waals surface area (Å²) in [6.45, 7) is 6.35. The number of ether oxygens (including phenoxy) is 3. The Morgan fingerprint density at radius 3 is 2.27 bits per heavy atom. The van der Waals surface area contributed by atoms with Gasteiger partial charge in [-0.15, -0.1) is 0 Å². The highest BCUT2D eigenvalue weighted by molar-refractivity contribution is 5.93. The van der Waals surface area contributed by atoms with Crippen LogP contribution in [0.2, 0.25) is 0 Å². The Kier molecular flexibility index (Phi) is 8.26. The summed E-state index contributed by atoms with van der Waals surface area (Å²) in [7, 11) is 1.62. The third-order valence-corrected chi connectivity index (χ3v) is 7.36. The van der Waals surface area contributed by atoms with Crippen LogP contribution in [-0.2, 0) is 16.0 Å². The summed E-state index contributed by atoms with van der Waals surface area (Å²) in [4.78, 5) is 13.0. The van der Waals surface area contributed by atoms with E-state index in [-0.39, 0.29) is 18.1 Å². The average molecular weight is 543 g/mol. The van der Waals surface area contributed by atoms with E-state index in [0.717, 1.165) is 16.5 Å². The molecule has 3 aromatic carbocycles. The van der Waals surface area contributed by atoms with Crippen molar-refractivity contribution in [2.75, 3.05) is 13.7 Å². The Hall–Kier alpha value is -3.65. The van der Waals surface area contributed by atoms with Crippen LogP contribution < -0.4 is 10.1 Å². The Balaban J connectivity index is 1.33. The van der Waals surface area contributed by atoms with Crippen LogP contribution in [0.1, 0.15) is 49.8 Å². The molecule has 2 N–H and O–H groups in total. The molecule has 1 aliphatic rings. The topological polar surface area (TPSA) is 82.0 Å². The van der Waals surface area contributed by atoms with E-state index in [4.69, 9.17) is 14.2 Å². The lowest BCUT2D eigenvalue weighted by molar-refractivity contribution is -0.0717. The van der Waals surface area contributed by atoms with Gasteiger partial charge in [0, 0.05) is 30.5 Å². The minimum absolute atomic E-state index is 0.0252. The molecule has 0 amide bonds. The number of hydrogen-bond donors (Lipinski definition) is 2. The number of fused-ring (bicyclic) bond motifs is 1. The second-order valence-corrected chi connectivity index (χ2v) is 11.3. The van der Waals surface area contributed by atoms with Gasteiger partial charge >= 0.3 is 6.09 Å². The van der Waals surface area contributed by atoms with E-state index in [1.54, 1.807) is 13.3 Å². The second kappa shape index (κ2) is 11.8. The largest absolute Gasteiger partial charge is 0.497 e. The van der Waals surface area contributed by atoms with Gasteiger partial charge in [0.25, 0.3) is 0 Å². The summed E-state index contributed by atoms with van der Waals surface area (Å²) in [6.07, 6.45) is 1.11. The number of methoxy groups -OCH3 is 1. The first-order valence-corrected chi connectivity index (χ1v) is 13.8. The summed E-state index contributed by atoms with van der Waals surface area (Å²) < 4.78 is 19.0. The van der Waals surface area contributed by atoms with E-state index in [9.17, 15) is 9.90 Å². The molecule has 1 saturated heterocycles. The minimum atomic E-state index is -0.615. The molecule has 5 rings (SSSR count). The smallest absolute Gasteiger partial charge is 0.419 e. The van der Waals surface area contributed by atoms with Crippen LogP contribution in [0.3, 0.4) is 0 Å². The van der Waals surface area contributed by atoms with Gasteiger partial charge in [-0.05, 0) is 55.7 Å². The SMILES string of the molecule is COc1ccc2c(c1)c(CN[C@@H]1CO[C@H](C(c3ccccc3)c3ccccc3)C[C@@H]1O)cn2C(=O)OC(C)(C)C. The highest BCUT2D eigenvalue weighted by Gasteiger charge is 2.35. The molecule has 0 saturated carbocycles. The number of rotatable bonds is 7. The van der Waals surface area contributed by atoms with Gasteiger partial charge in [-0.3, -0.25) is 4.57 Å². The zero-order valence-corrected chi connectivity index (χ0v) is 23.5. The van der Waals surface area contributed by atoms with Crippen LogP contribution in [0, 0.1) is 0 Å².